The highest BCUT2D eigenvalue weighted by Crippen LogP contribution is 2.35. The number of pyridine rings is 1. The lowest BCUT2D eigenvalue weighted by atomic mass is 10.1. The maximum atomic E-state index is 13.5. The van der Waals surface area contributed by atoms with E-state index < -0.39 is 5.78 Å². The van der Waals surface area contributed by atoms with Gasteiger partial charge in [-0.05, 0) is 48.0 Å². The number of carbonyl (C=O) groups excluding carboxylic acids is 1. The van der Waals surface area contributed by atoms with E-state index in [9.17, 15) is 4.79 Å². The predicted molar refractivity (Wildman–Crippen MR) is 130 cm³/mol. The molecule has 0 spiro atoms. The van der Waals surface area contributed by atoms with E-state index in [1.165, 1.54) is 0 Å². The number of halogens is 3. The Morgan fingerprint density at radius 3 is 2.59 bits per heavy atom. The van der Waals surface area contributed by atoms with Crippen LogP contribution in [0.3, 0.4) is 0 Å². The van der Waals surface area contributed by atoms with Gasteiger partial charge in [0.15, 0.2) is 0 Å². The molecule has 0 amide bonds. The van der Waals surface area contributed by atoms with Gasteiger partial charge in [0, 0.05) is 33.4 Å². The number of methoxy groups -OCH3 is 1. The Kier molecular flexibility index (Phi) is 6.00. The average Bonchev–Trinajstić information content (AvgIpc) is 3.44. The van der Waals surface area contributed by atoms with Crippen molar-refractivity contribution in [2.45, 2.75) is 6.54 Å². The van der Waals surface area contributed by atoms with Crippen molar-refractivity contribution in [2.75, 3.05) is 7.11 Å². The quantitative estimate of drug-likeness (QED) is 0.247. The summed E-state index contributed by atoms with van der Waals surface area (Å²) in [6, 6.07) is 14.0. The lowest BCUT2D eigenvalue weighted by molar-refractivity contribution is 0.102. The van der Waals surface area contributed by atoms with E-state index in [0.29, 0.717) is 33.3 Å². The monoisotopic (exact) mass is 512 g/mol. The zero-order chi connectivity index (χ0) is 23.8. The first-order valence-corrected chi connectivity index (χ1v) is 11.2. The molecule has 170 valence electrons. The summed E-state index contributed by atoms with van der Waals surface area (Å²) in [6.45, 7) is 0.319. The molecule has 0 aliphatic carbocycles. The molecule has 5 rings (SSSR count). The van der Waals surface area contributed by atoms with Gasteiger partial charge in [-0.15, -0.1) is 0 Å². The van der Waals surface area contributed by atoms with Crippen LogP contribution >= 0.6 is 34.8 Å². The van der Waals surface area contributed by atoms with Crippen LogP contribution in [0, 0.1) is 0 Å². The highest BCUT2D eigenvalue weighted by Gasteiger charge is 2.27. The molecule has 0 N–H and O–H groups in total. The smallest absolute Gasteiger partial charge is 0.258 e. The van der Waals surface area contributed by atoms with E-state index in [0.717, 1.165) is 11.1 Å². The van der Waals surface area contributed by atoms with Crippen LogP contribution in [0.4, 0.5) is 0 Å². The second kappa shape index (κ2) is 9.10. The number of benzene rings is 2. The first-order chi connectivity index (χ1) is 16.5. The molecule has 0 radical (unpaired) electrons. The fourth-order valence-corrected chi connectivity index (χ4v) is 4.47. The first-order valence-electron chi connectivity index (χ1n) is 10.0. The van der Waals surface area contributed by atoms with E-state index >= 15 is 0 Å². The van der Waals surface area contributed by atoms with Gasteiger partial charge in [-0.3, -0.25) is 9.78 Å². The Bertz CT molecular complexity index is 1530. The Hall–Kier alpha value is -3.39. The predicted octanol–water partition coefficient (Wildman–Crippen LogP) is 6.33. The molecular weight excluding hydrogens is 499 g/mol. The maximum Gasteiger partial charge on any atom is 0.258 e. The van der Waals surface area contributed by atoms with Crippen molar-refractivity contribution < 1.29 is 14.1 Å². The molecule has 0 atom stereocenters. The lowest BCUT2D eigenvalue weighted by Gasteiger charge is -2.10. The average molecular weight is 514 g/mol. The van der Waals surface area contributed by atoms with Crippen molar-refractivity contribution in [2.24, 2.45) is 0 Å². The van der Waals surface area contributed by atoms with Crippen LogP contribution < -0.4 is 4.74 Å². The minimum Gasteiger partial charge on any atom is -0.497 e. The van der Waals surface area contributed by atoms with Crippen molar-refractivity contribution in [1.82, 2.24) is 19.7 Å². The van der Waals surface area contributed by atoms with Gasteiger partial charge in [0.25, 0.3) is 5.89 Å². The molecular formula is C24H15Cl3N4O3. The normalized spacial score (nSPS) is 11.2. The molecule has 3 heterocycles. The topological polar surface area (TPSA) is 83.0 Å². The van der Waals surface area contributed by atoms with Gasteiger partial charge >= 0.3 is 0 Å². The van der Waals surface area contributed by atoms with Crippen LogP contribution in [-0.4, -0.2) is 32.6 Å². The fourth-order valence-electron chi connectivity index (χ4n) is 3.66. The molecule has 2 aromatic carbocycles. The maximum absolute atomic E-state index is 13.5. The van der Waals surface area contributed by atoms with Gasteiger partial charge in [0.1, 0.15) is 10.9 Å². The van der Waals surface area contributed by atoms with E-state index in [1.807, 2.05) is 12.1 Å². The second-order valence-electron chi connectivity index (χ2n) is 7.36. The molecule has 0 bridgehead atoms. The van der Waals surface area contributed by atoms with Gasteiger partial charge in [-0.2, -0.15) is 4.98 Å². The zero-order valence-electron chi connectivity index (χ0n) is 17.6. The number of carbonyl (C=O) groups is 1. The second-order valence-corrected chi connectivity index (χ2v) is 8.56. The standard InChI is InChI=1S/C24H15Cl3N4O3/c1-33-16-4-5-19-17(11-16)20(22(27)31(19)12-14-2-3-15(25)10-18(14)26)21(32)23-29-24(34-30-23)13-6-8-28-9-7-13/h2-11H,12H2,1H3. The molecule has 3 aromatic heterocycles. The summed E-state index contributed by atoms with van der Waals surface area (Å²) in [5, 5.41) is 5.72. The summed E-state index contributed by atoms with van der Waals surface area (Å²) in [5.41, 5.74) is 2.40. The number of hydrogen-bond acceptors (Lipinski definition) is 6. The molecule has 0 saturated heterocycles. The van der Waals surface area contributed by atoms with Crippen LogP contribution in [0.15, 0.2) is 65.4 Å². The number of ether oxygens (including phenoxy) is 1. The van der Waals surface area contributed by atoms with Gasteiger partial charge in [0.2, 0.25) is 11.6 Å². The summed E-state index contributed by atoms with van der Waals surface area (Å²) in [5.74, 6) is 0.190. The Labute approximate surface area is 208 Å². The SMILES string of the molecule is COc1ccc2c(c1)c(C(=O)c1noc(-c3ccncc3)n1)c(Cl)n2Cc1ccc(Cl)cc1Cl. The number of aromatic nitrogens is 4. The van der Waals surface area contributed by atoms with Crippen molar-refractivity contribution >= 4 is 51.5 Å². The zero-order valence-corrected chi connectivity index (χ0v) is 19.9. The van der Waals surface area contributed by atoms with Crippen LogP contribution in [0.25, 0.3) is 22.4 Å². The lowest BCUT2D eigenvalue weighted by Crippen LogP contribution is -2.06. The summed E-state index contributed by atoms with van der Waals surface area (Å²) >= 11 is 19.2. The van der Waals surface area contributed by atoms with Gasteiger partial charge < -0.3 is 13.8 Å². The molecule has 5 aromatic rings. The summed E-state index contributed by atoms with van der Waals surface area (Å²) < 4.78 is 12.5. The van der Waals surface area contributed by atoms with Crippen LogP contribution in [0.1, 0.15) is 21.7 Å². The Morgan fingerprint density at radius 2 is 1.85 bits per heavy atom. The first kappa shape index (κ1) is 22.4. The van der Waals surface area contributed by atoms with Gasteiger partial charge in [-0.1, -0.05) is 46.0 Å². The molecule has 0 unspecified atom stereocenters. The fraction of sp³-hybridized carbons (Fsp3) is 0.0833. The third-order valence-corrected chi connectivity index (χ3v) is 6.31. The number of nitrogens with zero attached hydrogens (tertiary/aromatic N) is 4. The van der Waals surface area contributed by atoms with E-state index in [4.69, 9.17) is 44.1 Å². The highest BCUT2D eigenvalue weighted by molar-refractivity contribution is 6.37. The van der Waals surface area contributed by atoms with Crippen LogP contribution in [-0.2, 0) is 6.54 Å². The highest BCUT2D eigenvalue weighted by atomic mass is 35.5. The molecule has 0 aliphatic rings. The summed E-state index contributed by atoms with van der Waals surface area (Å²) in [7, 11) is 1.55. The Morgan fingerprint density at radius 1 is 1.06 bits per heavy atom. The van der Waals surface area contributed by atoms with Crippen molar-refractivity contribution in [3.63, 3.8) is 0 Å². The van der Waals surface area contributed by atoms with Crippen molar-refractivity contribution in [3.05, 3.63) is 93.1 Å². The third kappa shape index (κ3) is 4.03. The van der Waals surface area contributed by atoms with Crippen molar-refractivity contribution in [3.8, 4) is 17.2 Å². The summed E-state index contributed by atoms with van der Waals surface area (Å²) in [4.78, 5) is 21.8. The molecule has 0 fully saturated rings. The van der Waals surface area contributed by atoms with E-state index in [-0.39, 0.29) is 22.4 Å². The third-order valence-electron chi connectivity index (χ3n) is 5.33. The van der Waals surface area contributed by atoms with Crippen LogP contribution in [0.2, 0.25) is 15.2 Å². The number of ketones is 1. The molecule has 10 heteroatoms. The van der Waals surface area contributed by atoms with E-state index in [2.05, 4.69) is 15.1 Å². The number of hydrogen-bond donors (Lipinski definition) is 0. The van der Waals surface area contributed by atoms with E-state index in [1.54, 1.807) is 60.5 Å². The van der Waals surface area contributed by atoms with Gasteiger partial charge in [0.05, 0.1) is 24.7 Å². The summed E-state index contributed by atoms with van der Waals surface area (Å²) in [6.07, 6.45) is 3.19. The number of rotatable bonds is 6. The van der Waals surface area contributed by atoms with Crippen molar-refractivity contribution in [1.29, 1.82) is 0 Å². The Balaban J connectivity index is 1.62. The van der Waals surface area contributed by atoms with Gasteiger partial charge in [-0.25, -0.2) is 0 Å². The molecule has 7 nitrogen and oxygen atoms in total. The minimum absolute atomic E-state index is 0.111. The number of fused-ring (bicyclic) bond motifs is 1. The molecule has 0 saturated carbocycles. The molecule has 0 aliphatic heterocycles. The van der Waals surface area contributed by atoms with Crippen LogP contribution in [0.5, 0.6) is 5.75 Å². The molecule has 34 heavy (non-hydrogen) atoms. The largest absolute Gasteiger partial charge is 0.497 e. The minimum atomic E-state index is -0.478.